The molecule has 1 aromatic heterocycles. The van der Waals surface area contributed by atoms with Crippen molar-refractivity contribution >= 4 is 22.7 Å². The molecule has 0 saturated carbocycles. The molecular formula is C17H26N2S. The number of aromatic nitrogens is 1. The Balaban J connectivity index is 2.30. The average Bonchev–Trinajstić information content (AvgIpc) is 2.69. The molecule has 1 heterocycles. The molecule has 0 fully saturated rings. The fourth-order valence-electron chi connectivity index (χ4n) is 2.69. The van der Waals surface area contributed by atoms with Crippen molar-refractivity contribution in [2.45, 2.75) is 40.3 Å². The number of rotatable bonds is 7. The van der Waals surface area contributed by atoms with Crippen molar-refractivity contribution in [3.63, 3.8) is 0 Å². The first-order valence-corrected chi connectivity index (χ1v) is 8.86. The van der Waals surface area contributed by atoms with Gasteiger partial charge in [-0.15, -0.1) is 0 Å². The number of nitrogens with one attached hydrogen (secondary N) is 1. The van der Waals surface area contributed by atoms with Gasteiger partial charge in [0.15, 0.2) is 0 Å². The highest BCUT2D eigenvalue weighted by molar-refractivity contribution is 7.98. The van der Waals surface area contributed by atoms with Gasteiger partial charge in [-0.05, 0) is 56.3 Å². The van der Waals surface area contributed by atoms with E-state index < -0.39 is 0 Å². The maximum absolute atomic E-state index is 3.48. The van der Waals surface area contributed by atoms with Crippen LogP contribution in [0, 0.1) is 13.8 Å². The molecule has 2 nitrogen and oxygen atoms in total. The Bertz CT molecular complexity index is 572. The zero-order chi connectivity index (χ0) is 14.5. The number of aryl methyl sites for hydroxylation is 2. The number of nitrogens with zero attached hydrogens (tertiary/aromatic N) is 1. The highest BCUT2D eigenvalue weighted by Crippen LogP contribution is 2.26. The zero-order valence-corrected chi connectivity index (χ0v) is 13.9. The van der Waals surface area contributed by atoms with E-state index in [0.29, 0.717) is 0 Å². The van der Waals surface area contributed by atoms with Gasteiger partial charge in [0.25, 0.3) is 0 Å². The first kappa shape index (κ1) is 15.5. The van der Waals surface area contributed by atoms with Crippen LogP contribution in [-0.4, -0.2) is 23.1 Å². The molecule has 0 atom stereocenters. The minimum atomic E-state index is 0.970. The lowest BCUT2D eigenvalue weighted by molar-refractivity contribution is 0.676. The van der Waals surface area contributed by atoms with Gasteiger partial charge in [0.2, 0.25) is 0 Å². The topological polar surface area (TPSA) is 17.0 Å². The number of benzene rings is 1. The summed E-state index contributed by atoms with van der Waals surface area (Å²) in [6.07, 6.45) is 3.36. The lowest BCUT2D eigenvalue weighted by Crippen LogP contribution is -2.13. The molecule has 0 aliphatic carbocycles. The summed E-state index contributed by atoms with van der Waals surface area (Å²) in [6.45, 7) is 9.85. The Morgan fingerprint density at radius 1 is 1.25 bits per heavy atom. The molecule has 2 aromatic rings. The molecule has 0 aliphatic rings. The Labute approximate surface area is 126 Å². The summed E-state index contributed by atoms with van der Waals surface area (Å²) in [4.78, 5) is 0. The maximum atomic E-state index is 3.48. The van der Waals surface area contributed by atoms with E-state index in [0.717, 1.165) is 19.6 Å². The molecular weight excluding hydrogens is 264 g/mol. The first-order valence-electron chi connectivity index (χ1n) is 7.47. The third-order valence-electron chi connectivity index (χ3n) is 3.98. The molecule has 0 saturated heterocycles. The van der Waals surface area contributed by atoms with Crippen LogP contribution < -0.4 is 5.32 Å². The van der Waals surface area contributed by atoms with E-state index in [1.165, 1.54) is 39.9 Å². The predicted molar refractivity (Wildman–Crippen MR) is 91.8 cm³/mol. The molecule has 1 N–H and O–H groups in total. The standard InChI is InChI=1S/C17H26N2S/c1-5-8-18-12-15-6-7-17-16(11-15)13(2)14(3)19(17)9-10-20-4/h6-7,11,18H,5,8-10,12H2,1-4H3. The minimum Gasteiger partial charge on any atom is -0.344 e. The van der Waals surface area contributed by atoms with E-state index in [2.05, 4.69) is 55.1 Å². The molecule has 110 valence electrons. The molecule has 0 spiro atoms. The quantitative estimate of drug-likeness (QED) is 0.773. The Hall–Kier alpha value is -0.930. The van der Waals surface area contributed by atoms with Crippen LogP contribution in [0.3, 0.4) is 0 Å². The van der Waals surface area contributed by atoms with Crippen LogP contribution in [0.5, 0.6) is 0 Å². The molecule has 0 aliphatic heterocycles. The molecule has 0 unspecified atom stereocenters. The molecule has 3 heteroatoms. The molecule has 0 amide bonds. The summed E-state index contributed by atoms with van der Waals surface area (Å²) in [5.41, 5.74) is 5.61. The molecule has 2 rings (SSSR count). The van der Waals surface area contributed by atoms with E-state index >= 15 is 0 Å². The van der Waals surface area contributed by atoms with Crippen molar-refractivity contribution in [3.05, 3.63) is 35.0 Å². The molecule has 20 heavy (non-hydrogen) atoms. The highest BCUT2D eigenvalue weighted by atomic mass is 32.2. The molecule has 0 radical (unpaired) electrons. The number of fused-ring (bicyclic) bond motifs is 1. The molecule has 0 bridgehead atoms. The number of hydrogen-bond donors (Lipinski definition) is 1. The summed E-state index contributed by atoms with van der Waals surface area (Å²) >= 11 is 1.91. The SMILES string of the molecule is CCCNCc1ccc2c(c1)c(C)c(C)n2CCSC. The van der Waals surface area contributed by atoms with Crippen LogP contribution in [0.2, 0.25) is 0 Å². The van der Waals surface area contributed by atoms with Gasteiger partial charge >= 0.3 is 0 Å². The fraction of sp³-hybridized carbons (Fsp3) is 0.529. The van der Waals surface area contributed by atoms with Gasteiger partial charge in [0, 0.05) is 35.4 Å². The van der Waals surface area contributed by atoms with Gasteiger partial charge in [-0.1, -0.05) is 13.0 Å². The van der Waals surface area contributed by atoms with Gasteiger partial charge in [-0.25, -0.2) is 0 Å². The van der Waals surface area contributed by atoms with Gasteiger partial charge < -0.3 is 9.88 Å². The fourth-order valence-corrected chi connectivity index (χ4v) is 3.05. The minimum absolute atomic E-state index is 0.970. The van der Waals surface area contributed by atoms with E-state index in [1.807, 2.05) is 11.8 Å². The zero-order valence-electron chi connectivity index (χ0n) is 13.1. The maximum Gasteiger partial charge on any atom is 0.0485 e. The van der Waals surface area contributed by atoms with Crippen LogP contribution in [0.25, 0.3) is 10.9 Å². The van der Waals surface area contributed by atoms with Crippen LogP contribution >= 0.6 is 11.8 Å². The van der Waals surface area contributed by atoms with E-state index in [1.54, 1.807) is 0 Å². The molecule has 1 aromatic carbocycles. The normalized spacial score (nSPS) is 11.4. The van der Waals surface area contributed by atoms with E-state index in [4.69, 9.17) is 0 Å². The van der Waals surface area contributed by atoms with Crippen LogP contribution in [0.4, 0.5) is 0 Å². The smallest absolute Gasteiger partial charge is 0.0485 e. The largest absolute Gasteiger partial charge is 0.344 e. The van der Waals surface area contributed by atoms with Gasteiger partial charge in [0.05, 0.1) is 0 Å². The Morgan fingerprint density at radius 2 is 2.05 bits per heavy atom. The third kappa shape index (κ3) is 3.21. The second-order valence-corrected chi connectivity index (χ2v) is 6.37. The summed E-state index contributed by atoms with van der Waals surface area (Å²) < 4.78 is 2.46. The van der Waals surface area contributed by atoms with Crippen molar-refractivity contribution in [3.8, 4) is 0 Å². The summed E-state index contributed by atoms with van der Waals surface area (Å²) in [6, 6.07) is 6.91. The predicted octanol–water partition coefficient (Wildman–Crippen LogP) is 4.12. The summed E-state index contributed by atoms with van der Waals surface area (Å²) in [7, 11) is 0. The lowest BCUT2D eigenvalue weighted by atomic mass is 10.1. The number of thioether (sulfide) groups is 1. The third-order valence-corrected chi connectivity index (χ3v) is 4.57. The van der Waals surface area contributed by atoms with Crippen LogP contribution in [0.1, 0.15) is 30.2 Å². The first-order chi connectivity index (χ1) is 9.69. The average molecular weight is 290 g/mol. The van der Waals surface area contributed by atoms with Crippen LogP contribution in [0.15, 0.2) is 18.2 Å². The van der Waals surface area contributed by atoms with Crippen molar-refractivity contribution < 1.29 is 0 Å². The monoisotopic (exact) mass is 290 g/mol. The highest BCUT2D eigenvalue weighted by Gasteiger charge is 2.10. The van der Waals surface area contributed by atoms with Crippen molar-refractivity contribution in [2.24, 2.45) is 0 Å². The van der Waals surface area contributed by atoms with E-state index in [9.17, 15) is 0 Å². The lowest BCUT2D eigenvalue weighted by Gasteiger charge is -2.08. The van der Waals surface area contributed by atoms with Gasteiger partial charge in [0.1, 0.15) is 0 Å². The second kappa shape index (κ2) is 7.19. The van der Waals surface area contributed by atoms with E-state index in [-0.39, 0.29) is 0 Å². The van der Waals surface area contributed by atoms with Gasteiger partial charge in [-0.2, -0.15) is 11.8 Å². The van der Waals surface area contributed by atoms with Crippen molar-refractivity contribution in [1.29, 1.82) is 0 Å². The Morgan fingerprint density at radius 3 is 2.75 bits per heavy atom. The van der Waals surface area contributed by atoms with Crippen LogP contribution in [-0.2, 0) is 13.1 Å². The summed E-state index contributed by atoms with van der Waals surface area (Å²) in [5, 5.41) is 4.90. The van der Waals surface area contributed by atoms with Crippen molar-refractivity contribution in [2.75, 3.05) is 18.6 Å². The van der Waals surface area contributed by atoms with Gasteiger partial charge in [-0.3, -0.25) is 0 Å². The Kier molecular flexibility index (Phi) is 5.55. The summed E-state index contributed by atoms with van der Waals surface area (Å²) in [5.74, 6) is 1.17. The second-order valence-electron chi connectivity index (χ2n) is 5.38. The number of hydrogen-bond acceptors (Lipinski definition) is 2. The van der Waals surface area contributed by atoms with Crippen molar-refractivity contribution in [1.82, 2.24) is 9.88 Å².